The van der Waals surface area contributed by atoms with Gasteiger partial charge in [-0.25, -0.2) is 9.36 Å². The minimum atomic E-state index is 0.908. The van der Waals surface area contributed by atoms with Gasteiger partial charge in [-0.2, -0.15) is 0 Å². The molecule has 0 bridgehead atoms. The third kappa shape index (κ3) is 1.36. The van der Waals surface area contributed by atoms with E-state index in [9.17, 15) is 0 Å². The summed E-state index contributed by atoms with van der Waals surface area (Å²) >= 11 is 0. The van der Waals surface area contributed by atoms with Crippen molar-refractivity contribution in [2.45, 2.75) is 0 Å². The first-order valence-electron chi connectivity index (χ1n) is 4.77. The van der Waals surface area contributed by atoms with Gasteiger partial charge in [0.05, 0.1) is 36.2 Å². The highest BCUT2D eigenvalue weighted by atomic mass is 15.4. The Bertz CT molecular complexity index is 516. The monoisotopic (exact) mass is 212 g/mol. The summed E-state index contributed by atoms with van der Waals surface area (Å²) in [6, 6.07) is 7.78. The van der Waals surface area contributed by atoms with Crippen LogP contribution in [0.4, 0.5) is 0 Å². The van der Waals surface area contributed by atoms with Crippen LogP contribution in [0.5, 0.6) is 0 Å². The normalized spacial score (nSPS) is 10.5. The number of nitrogens with zero attached hydrogens (tertiary/aromatic N) is 6. The molecule has 6 nitrogen and oxygen atoms in total. The number of hydrogen-bond donors (Lipinski definition) is 0. The number of aromatic nitrogens is 6. The van der Waals surface area contributed by atoms with Gasteiger partial charge < -0.3 is 0 Å². The van der Waals surface area contributed by atoms with Crippen molar-refractivity contribution in [2.75, 3.05) is 0 Å². The van der Waals surface area contributed by atoms with Crippen molar-refractivity contribution in [1.82, 2.24) is 30.0 Å². The van der Waals surface area contributed by atoms with Gasteiger partial charge in [-0.15, -0.1) is 10.2 Å². The van der Waals surface area contributed by atoms with Crippen LogP contribution < -0.4 is 0 Å². The molecule has 0 amide bonds. The Kier molecular flexibility index (Phi) is 1.96. The average Bonchev–Trinajstić information content (AvgIpc) is 3.03. The molecule has 0 N–H and O–H groups in total. The zero-order valence-electron chi connectivity index (χ0n) is 8.30. The number of benzene rings is 1. The zero-order chi connectivity index (χ0) is 10.8. The van der Waals surface area contributed by atoms with E-state index in [0.717, 1.165) is 11.4 Å². The van der Waals surface area contributed by atoms with E-state index in [1.165, 1.54) is 0 Å². The molecule has 0 aliphatic carbocycles. The van der Waals surface area contributed by atoms with Crippen LogP contribution >= 0.6 is 0 Å². The molecule has 3 rings (SSSR count). The molecular weight excluding hydrogens is 204 g/mol. The molecule has 1 aromatic carbocycles. The molecule has 2 heterocycles. The Morgan fingerprint density at radius 2 is 1.25 bits per heavy atom. The van der Waals surface area contributed by atoms with Crippen molar-refractivity contribution >= 4 is 0 Å². The van der Waals surface area contributed by atoms with E-state index < -0.39 is 0 Å². The lowest BCUT2D eigenvalue weighted by molar-refractivity contribution is 0.761. The highest BCUT2D eigenvalue weighted by molar-refractivity contribution is 5.50. The van der Waals surface area contributed by atoms with Gasteiger partial charge in [0.1, 0.15) is 0 Å². The third-order valence-electron chi connectivity index (χ3n) is 2.22. The molecular formula is C10H8N6. The van der Waals surface area contributed by atoms with Crippen LogP contribution in [0.3, 0.4) is 0 Å². The van der Waals surface area contributed by atoms with E-state index >= 15 is 0 Å². The summed E-state index contributed by atoms with van der Waals surface area (Å²) in [6.07, 6.45) is 6.85. The van der Waals surface area contributed by atoms with Crippen LogP contribution in [0.1, 0.15) is 0 Å². The summed E-state index contributed by atoms with van der Waals surface area (Å²) in [5.41, 5.74) is 1.82. The Hall–Kier alpha value is -2.50. The molecule has 2 aromatic heterocycles. The Morgan fingerprint density at radius 1 is 0.750 bits per heavy atom. The van der Waals surface area contributed by atoms with E-state index in [1.807, 2.05) is 24.3 Å². The van der Waals surface area contributed by atoms with Crippen LogP contribution in [-0.4, -0.2) is 30.0 Å². The van der Waals surface area contributed by atoms with Gasteiger partial charge in [0, 0.05) is 0 Å². The van der Waals surface area contributed by atoms with Gasteiger partial charge >= 0.3 is 0 Å². The topological polar surface area (TPSA) is 61.4 Å². The molecule has 0 fully saturated rings. The fourth-order valence-corrected chi connectivity index (χ4v) is 1.53. The first-order chi connectivity index (χ1) is 7.95. The van der Waals surface area contributed by atoms with Crippen molar-refractivity contribution in [3.8, 4) is 11.4 Å². The van der Waals surface area contributed by atoms with Crippen molar-refractivity contribution in [1.29, 1.82) is 0 Å². The predicted octanol–water partition coefficient (Wildman–Crippen LogP) is 0.848. The van der Waals surface area contributed by atoms with Crippen molar-refractivity contribution in [3.63, 3.8) is 0 Å². The van der Waals surface area contributed by atoms with E-state index in [2.05, 4.69) is 20.6 Å². The highest BCUT2D eigenvalue weighted by Gasteiger charge is 2.06. The lowest BCUT2D eigenvalue weighted by Gasteiger charge is -2.07. The first-order valence-corrected chi connectivity index (χ1v) is 4.77. The van der Waals surface area contributed by atoms with Crippen LogP contribution in [0.15, 0.2) is 49.1 Å². The molecule has 0 saturated heterocycles. The van der Waals surface area contributed by atoms with E-state index in [1.54, 1.807) is 34.2 Å². The van der Waals surface area contributed by atoms with Crippen LogP contribution in [0.25, 0.3) is 11.4 Å². The maximum absolute atomic E-state index is 3.96. The second-order valence-electron chi connectivity index (χ2n) is 3.18. The summed E-state index contributed by atoms with van der Waals surface area (Å²) in [5.74, 6) is 0. The van der Waals surface area contributed by atoms with Gasteiger partial charge in [-0.05, 0) is 12.1 Å². The maximum atomic E-state index is 3.96. The summed E-state index contributed by atoms with van der Waals surface area (Å²) in [5, 5.41) is 15.5. The SMILES string of the molecule is c1ccc(-n2ccnn2)c(-n2ccnn2)c1. The standard InChI is InChI=1S/C10H8N6/c1-2-4-10(16-8-6-12-14-16)9(3-1)15-7-5-11-13-15/h1-8H. The quantitative estimate of drug-likeness (QED) is 0.631. The first kappa shape index (κ1) is 8.78. The smallest absolute Gasteiger partial charge is 0.0921 e. The van der Waals surface area contributed by atoms with Crippen molar-refractivity contribution < 1.29 is 0 Å². The van der Waals surface area contributed by atoms with E-state index in [0.29, 0.717) is 0 Å². The van der Waals surface area contributed by atoms with Gasteiger partial charge in [0.2, 0.25) is 0 Å². The van der Waals surface area contributed by atoms with Crippen LogP contribution in [0, 0.1) is 0 Å². The molecule has 0 saturated carbocycles. The lowest BCUT2D eigenvalue weighted by atomic mass is 10.2. The van der Waals surface area contributed by atoms with Crippen LogP contribution in [0.2, 0.25) is 0 Å². The number of hydrogen-bond acceptors (Lipinski definition) is 4. The average molecular weight is 212 g/mol. The molecule has 6 heteroatoms. The Balaban J connectivity index is 2.19. The van der Waals surface area contributed by atoms with Gasteiger partial charge in [-0.1, -0.05) is 22.6 Å². The van der Waals surface area contributed by atoms with Crippen molar-refractivity contribution in [3.05, 3.63) is 49.1 Å². The second-order valence-corrected chi connectivity index (χ2v) is 3.18. The number of para-hydroxylation sites is 2. The third-order valence-corrected chi connectivity index (χ3v) is 2.22. The minimum Gasteiger partial charge on any atom is -0.219 e. The largest absolute Gasteiger partial charge is 0.219 e. The lowest BCUT2D eigenvalue weighted by Crippen LogP contribution is -2.04. The molecule has 0 atom stereocenters. The number of rotatable bonds is 2. The molecule has 0 spiro atoms. The zero-order valence-corrected chi connectivity index (χ0v) is 8.30. The van der Waals surface area contributed by atoms with E-state index in [-0.39, 0.29) is 0 Å². The van der Waals surface area contributed by atoms with Gasteiger partial charge in [-0.3, -0.25) is 0 Å². The van der Waals surface area contributed by atoms with Gasteiger partial charge in [0.15, 0.2) is 0 Å². The fourth-order valence-electron chi connectivity index (χ4n) is 1.53. The highest BCUT2D eigenvalue weighted by Crippen LogP contribution is 2.16. The Labute approximate surface area is 91.1 Å². The summed E-state index contributed by atoms with van der Waals surface area (Å²) in [7, 11) is 0. The second kappa shape index (κ2) is 3.58. The molecule has 16 heavy (non-hydrogen) atoms. The van der Waals surface area contributed by atoms with E-state index in [4.69, 9.17) is 0 Å². The molecule has 0 aliphatic heterocycles. The molecule has 0 aliphatic rings. The van der Waals surface area contributed by atoms with Crippen molar-refractivity contribution in [2.24, 2.45) is 0 Å². The summed E-state index contributed by atoms with van der Waals surface area (Å²) in [4.78, 5) is 0. The van der Waals surface area contributed by atoms with Crippen LogP contribution in [-0.2, 0) is 0 Å². The summed E-state index contributed by atoms with van der Waals surface area (Å²) in [6.45, 7) is 0. The summed E-state index contributed by atoms with van der Waals surface area (Å²) < 4.78 is 3.38. The minimum absolute atomic E-state index is 0.908. The Morgan fingerprint density at radius 3 is 1.62 bits per heavy atom. The maximum Gasteiger partial charge on any atom is 0.0921 e. The molecule has 0 radical (unpaired) electrons. The molecule has 78 valence electrons. The molecule has 0 unspecified atom stereocenters. The van der Waals surface area contributed by atoms with Gasteiger partial charge in [0.25, 0.3) is 0 Å². The fraction of sp³-hybridized carbons (Fsp3) is 0. The predicted molar refractivity (Wildman–Crippen MR) is 56.3 cm³/mol. The molecule has 3 aromatic rings.